The predicted molar refractivity (Wildman–Crippen MR) is 69.4 cm³/mol. The third-order valence-electron chi connectivity index (χ3n) is 3.26. The molecule has 2 heterocycles. The van der Waals surface area contributed by atoms with Crippen LogP contribution in [0, 0.1) is 6.92 Å². The standard InChI is InChI=1S/C13H20N4O/c1-4-14-13(18)10-8-9(2)15-12(16-10)11-6-5-7-17(11)3/h8,11H,4-7H2,1-3H3,(H,14,18). The fourth-order valence-electron chi connectivity index (χ4n) is 2.34. The Balaban J connectivity index is 2.28. The molecule has 0 bridgehead atoms. The second-order valence-corrected chi connectivity index (χ2v) is 4.75. The number of hydrogen-bond acceptors (Lipinski definition) is 4. The van der Waals surface area contributed by atoms with Gasteiger partial charge in [0.1, 0.15) is 11.5 Å². The van der Waals surface area contributed by atoms with Crippen LogP contribution in [0.3, 0.4) is 0 Å². The molecule has 1 aromatic rings. The summed E-state index contributed by atoms with van der Waals surface area (Å²) in [6, 6.07) is 1.99. The molecule has 1 aromatic heterocycles. The largest absolute Gasteiger partial charge is 0.351 e. The quantitative estimate of drug-likeness (QED) is 0.876. The average molecular weight is 248 g/mol. The predicted octanol–water partition coefficient (Wildman–Crippen LogP) is 1.30. The van der Waals surface area contributed by atoms with Gasteiger partial charge in [0.05, 0.1) is 6.04 Å². The van der Waals surface area contributed by atoms with Gasteiger partial charge in [0.2, 0.25) is 0 Å². The Morgan fingerprint density at radius 1 is 1.56 bits per heavy atom. The van der Waals surface area contributed by atoms with Gasteiger partial charge in [-0.05, 0) is 46.3 Å². The highest BCUT2D eigenvalue weighted by Crippen LogP contribution is 2.28. The number of carbonyl (C=O) groups excluding carboxylic acids is 1. The first-order chi connectivity index (χ1) is 8.61. The zero-order chi connectivity index (χ0) is 13.1. The lowest BCUT2D eigenvalue weighted by Gasteiger charge is -2.18. The Morgan fingerprint density at radius 3 is 2.94 bits per heavy atom. The monoisotopic (exact) mass is 248 g/mol. The number of aryl methyl sites for hydroxylation is 1. The summed E-state index contributed by atoms with van der Waals surface area (Å²) in [5, 5.41) is 2.78. The second kappa shape index (κ2) is 5.44. The van der Waals surface area contributed by atoms with Gasteiger partial charge in [0, 0.05) is 12.2 Å². The molecule has 0 aliphatic carbocycles. The van der Waals surface area contributed by atoms with Crippen molar-refractivity contribution in [3.8, 4) is 0 Å². The van der Waals surface area contributed by atoms with Crippen molar-refractivity contribution in [1.29, 1.82) is 0 Å². The third-order valence-corrected chi connectivity index (χ3v) is 3.26. The molecular weight excluding hydrogens is 228 g/mol. The highest BCUT2D eigenvalue weighted by molar-refractivity contribution is 5.92. The molecule has 18 heavy (non-hydrogen) atoms. The van der Waals surface area contributed by atoms with Crippen LogP contribution in [0.25, 0.3) is 0 Å². The number of aromatic nitrogens is 2. The number of rotatable bonds is 3. The minimum atomic E-state index is -0.120. The molecule has 0 saturated carbocycles. The molecule has 2 rings (SSSR count). The number of nitrogens with zero attached hydrogens (tertiary/aromatic N) is 3. The van der Waals surface area contributed by atoms with E-state index in [0.717, 1.165) is 30.9 Å². The van der Waals surface area contributed by atoms with E-state index < -0.39 is 0 Å². The van der Waals surface area contributed by atoms with E-state index in [4.69, 9.17) is 0 Å². The molecule has 1 atom stereocenters. The van der Waals surface area contributed by atoms with Gasteiger partial charge in [0.15, 0.2) is 0 Å². The SMILES string of the molecule is CCNC(=O)c1cc(C)nc(C2CCCN2C)n1. The van der Waals surface area contributed by atoms with Crippen LogP contribution in [0.4, 0.5) is 0 Å². The molecule has 1 unspecified atom stereocenters. The van der Waals surface area contributed by atoms with Gasteiger partial charge in [-0.2, -0.15) is 0 Å². The smallest absolute Gasteiger partial charge is 0.270 e. The van der Waals surface area contributed by atoms with Crippen molar-refractivity contribution >= 4 is 5.91 Å². The first-order valence-corrected chi connectivity index (χ1v) is 6.46. The van der Waals surface area contributed by atoms with Crippen LogP contribution >= 0.6 is 0 Å². The third kappa shape index (κ3) is 2.67. The van der Waals surface area contributed by atoms with Crippen molar-refractivity contribution in [2.24, 2.45) is 0 Å². The summed E-state index contributed by atoms with van der Waals surface area (Å²) >= 11 is 0. The zero-order valence-corrected chi connectivity index (χ0v) is 11.2. The van der Waals surface area contributed by atoms with Gasteiger partial charge in [0.25, 0.3) is 5.91 Å². The number of likely N-dealkylation sites (tertiary alicyclic amines) is 1. The summed E-state index contributed by atoms with van der Waals surface area (Å²) < 4.78 is 0. The fraction of sp³-hybridized carbons (Fsp3) is 0.615. The molecule has 1 N–H and O–H groups in total. The number of amides is 1. The van der Waals surface area contributed by atoms with Crippen molar-refractivity contribution in [2.75, 3.05) is 20.1 Å². The minimum absolute atomic E-state index is 0.120. The summed E-state index contributed by atoms with van der Waals surface area (Å²) in [6.07, 6.45) is 2.23. The molecule has 1 aliphatic rings. The van der Waals surface area contributed by atoms with Crippen LogP contribution in [-0.4, -0.2) is 40.9 Å². The zero-order valence-electron chi connectivity index (χ0n) is 11.2. The molecule has 0 spiro atoms. The first kappa shape index (κ1) is 13.0. The van der Waals surface area contributed by atoms with Gasteiger partial charge in [-0.3, -0.25) is 9.69 Å². The van der Waals surface area contributed by atoms with E-state index in [2.05, 4.69) is 27.2 Å². The van der Waals surface area contributed by atoms with E-state index in [1.54, 1.807) is 6.07 Å². The number of nitrogens with one attached hydrogen (secondary N) is 1. The van der Waals surface area contributed by atoms with Gasteiger partial charge >= 0.3 is 0 Å². The van der Waals surface area contributed by atoms with Crippen molar-refractivity contribution in [3.05, 3.63) is 23.3 Å². The normalized spacial score (nSPS) is 20.1. The molecule has 1 saturated heterocycles. The lowest BCUT2D eigenvalue weighted by molar-refractivity contribution is 0.0949. The number of carbonyl (C=O) groups is 1. The van der Waals surface area contributed by atoms with E-state index in [9.17, 15) is 4.79 Å². The minimum Gasteiger partial charge on any atom is -0.351 e. The molecular formula is C13H20N4O. The van der Waals surface area contributed by atoms with Crippen LogP contribution in [-0.2, 0) is 0 Å². The maximum Gasteiger partial charge on any atom is 0.270 e. The van der Waals surface area contributed by atoms with Crippen molar-refractivity contribution in [2.45, 2.75) is 32.7 Å². The second-order valence-electron chi connectivity index (χ2n) is 4.75. The first-order valence-electron chi connectivity index (χ1n) is 6.46. The topological polar surface area (TPSA) is 58.1 Å². The van der Waals surface area contributed by atoms with Crippen molar-refractivity contribution in [3.63, 3.8) is 0 Å². The molecule has 98 valence electrons. The highest BCUT2D eigenvalue weighted by atomic mass is 16.1. The molecule has 5 nitrogen and oxygen atoms in total. The van der Waals surface area contributed by atoms with Crippen LogP contribution in [0.1, 0.15) is 47.8 Å². The Kier molecular flexibility index (Phi) is 3.91. The van der Waals surface area contributed by atoms with Crippen LogP contribution < -0.4 is 5.32 Å². The van der Waals surface area contributed by atoms with Crippen LogP contribution in [0.2, 0.25) is 0 Å². The van der Waals surface area contributed by atoms with Crippen molar-refractivity contribution in [1.82, 2.24) is 20.2 Å². The Labute approximate surface area is 108 Å². The average Bonchev–Trinajstić information content (AvgIpc) is 2.75. The van der Waals surface area contributed by atoms with Crippen LogP contribution in [0.5, 0.6) is 0 Å². The summed E-state index contributed by atoms with van der Waals surface area (Å²) in [5.74, 6) is 0.654. The van der Waals surface area contributed by atoms with Crippen LogP contribution in [0.15, 0.2) is 6.07 Å². The van der Waals surface area contributed by atoms with E-state index in [1.807, 2.05) is 13.8 Å². The summed E-state index contributed by atoms with van der Waals surface area (Å²) in [5.41, 5.74) is 1.32. The Morgan fingerprint density at radius 2 is 2.33 bits per heavy atom. The van der Waals surface area contributed by atoms with E-state index >= 15 is 0 Å². The molecule has 1 amide bonds. The van der Waals surface area contributed by atoms with Gasteiger partial charge in [-0.25, -0.2) is 9.97 Å². The molecule has 0 aromatic carbocycles. The van der Waals surface area contributed by atoms with Gasteiger partial charge in [-0.1, -0.05) is 0 Å². The molecule has 5 heteroatoms. The maximum atomic E-state index is 11.8. The highest BCUT2D eigenvalue weighted by Gasteiger charge is 2.26. The molecule has 1 aliphatic heterocycles. The molecule has 0 radical (unpaired) electrons. The van der Waals surface area contributed by atoms with E-state index in [0.29, 0.717) is 12.2 Å². The maximum absolute atomic E-state index is 11.8. The fourth-order valence-corrected chi connectivity index (χ4v) is 2.34. The summed E-state index contributed by atoms with van der Waals surface area (Å²) in [4.78, 5) is 23.0. The van der Waals surface area contributed by atoms with Gasteiger partial charge < -0.3 is 5.32 Å². The lowest BCUT2D eigenvalue weighted by atomic mass is 10.2. The Hall–Kier alpha value is -1.49. The van der Waals surface area contributed by atoms with Gasteiger partial charge in [-0.15, -0.1) is 0 Å². The summed E-state index contributed by atoms with van der Waals surface area (Å²) in [6.45, 7) is 5.49. The van der Waals surface area contributed by atoms with E-state index in [1.165, 1.54) is 0 Å². The Bertz CT molecular complexity index is 447. The number of hydrogen-bond donors (Lipinski definition) is 1. The van der Waals surface area contributed by atoms with Crippen molar-refractivity contribution < 1.29 is 4.79 Å². The van der Waals surface area contributed by atoms with E-state index in [-0.39, 0.29) is 11.9 Å². The lowest BCUT2D eigenvalue weighted by Crippen LogP contribution is -2.26. The molecule has 1 fully saturated rings. The summed E-state index contributed by atoms with van der Waals surface area (Å²) in [7, 11) is 2.08.